The van der Waals surface area contributed by atoms with E-state index in [1.165, 1.54) is 7.05 Å². The number of nitrogens with two attached hydrogens (primary N) is 1. The first-order valence-electron chi connectivity index (χ1n) is 7.16. The summed E-state index contributed by atoms with van der Waals surface area (Å²) in [4.78, 5) is 25.3. The quantitative estimate of drug-likeness (QED) is 0.610. The fourth-order valence-electron chi connectivity index (χ4n) is 2.01. The molecular formula is C16H22N4O2. The molecule has 0 saturated heterocycles. The smallest absolute Gasteiger partial charge is 0.257 e. The van der Waals surface area contributed by atoms with Gasteiger partial charge >= 0.3 is 0 Å². The molecule has 2 amide bonds. The van der Waals surface area contributed by atoms with Crippen molar-refractivity contribution in [1.82, 2.24) is 10.2 Å². The van der Waals surface area contributed by atoms with Crippen LogP contribution in [0.2, 0.25) is 0 Å². The Kier molecular flexibility index (Phi) is 6.54. The Hall–Kier alpha value is -2.39. The molecule has 0 aromatic heterocycles. The highest BCUT2D eigenvalue weighted by molar-refractivity contribution is 5.97. The molecule has 0 saturated carbocycles. The van der Waals surface area contributed by atoms with Crippen LogP contribution in [0.3, 0.4) is 0 Å². The Morgan fingerprint density at radius 2 is 1.91 bits per heavy atom. The maximum atomic E-state index is 12.3. The van der Waals surface area contributed by atoms with Crippen LogP contribution in [0.25, 0.3) is 0 Å². The molecule has 0 aliphatic carbocycles. The molecule has 1 unspecified atom stereocenters. The van der Waals surface area contributed by atoms with Gasteiger partial charge in [-0.3, -0.25) is 14.5 Å². The summed E-state index contributed by atoms with van der Waals surface area (Å²) in [6.45, 7) is 4.31. The third-order valence-electron chi connectivity index (χ3n) is 3.24. The van der Waals surface area contributed by atoms with Crippen LogP contribution in [-0.2, 0) is 11.3 Å². The number of likely N-dealkylation sites (N-methyl/N-ethyl adjacent to an activating group) is 1. The van der Waals surface area contributed by atoms with Gasteiger partial charge in [-0.2, -0.15) is 5.26 Å². The van der Waals surface area contributed by atoms with Crippen molar-refractivity contribution in [2.75, 3.05) is 7.05 Å². The average Bonchev–Trinajstić information content (AvgIpc) is 2.52. The lowest BCUT2D eigenvalue weighted by molar-refractivity contribution is -0.129. The van der Waals surface area contributed by atoms with E-state index in [0.717, 1.165) is 10.5 Å². The molecule has 1 aromatic carbocycles. The molecule has 0 aliphatic heterocycles. The minimum Gasteiger partial charge on any atom is -0.340 e. The Balaban J connectivity index is 2.85. The zero-order chi connectivity index (χ0) is 16.7. The van der Waals surface area contributed by atoms with Crippen LogP contribution < -0.4 is 11.1 Å². The highest BCUT2D eigenvalue weighted by atomic mass is 16.2. The Labute approximate surface area is 130 Å². The number of carbonyl (C=O) groups excluding carboxylic acids is 2. The largest absolute Gasteiger partial charge is 0.340 e. The van der Waals surface area contributed by atoms with Crippen molar-refractivity contribution < 1.29 is 9.59 Å². The number of amides is 2. The molecule has 0 radical (unpaired) electrons. The van der Waals surface area contributed by atoms with Crippen molar-refractivity contribution in [2.24, 2.45) is 11.7 Å². The monoisotopic (exact) mass is 302 g/mol. The summed E-state index contributed by atoms with van der Waals surface area (Å²) in [5.41, 5.74) is 6.90. The van der Waals surface area contributed by atoms with E-state index in [9.17, 15) is 9.59 Å². The first-order chi connectivity index (χ1) is 10.4. The van der Waals surface area contributed by atoms with Gasteiger partial charge in [0.2, 0.25) is 0 Å². The molecule has 0 spiro atoms. The van der Waals surface area contributed by atoms with Gasteiger partial charge in [-0.25, -0.2) is 0 Å². The van der Waals surface area contributed by atoms with E-state index in [0.29, 0.717) is 18.5 Å². The summed E-state index contributed by atoms with van der Waals surface area (Å²) in [5.74, 6) is -0.544. The first kappa shape index (κ1) is 17.7. The molecule has 0 heterocycles. The number of hydrogen-bond donors (Lipinski definition) is 2. The van der Waals surface area contributed by atoms with Gasteiger partial charge < -0.3 is 11.1 Å². The van der Waals surface area contributed by atoms with Crippen LogP contribution >= 0.6 is 0 Å². The normalized spacial score (nSPS) is 11.6. The maximum absolute atomic E-state index is 12.3. The molecule has 3 N–H and O–H groups in total. The highest BCUT2D eigenvalue weighted by Gasteiger charge is 2.25. The Bertz CT molecular complexity index is 561. The molecule has 1 rings (SSSR count). The summed E-state index contributed by atoms with van der Waals surface area (Å²) in [5, 5.41) is 11.5. The predicted octanol–water partition coefficient (Wildman–Crippen LogP) is 1.23. The molecule has 1 aromatic rings. The van der Waals surface area contributed by atoms with Gasteiger partial charge in [0.05, 0.1) is 0 Å². The van der Waals surface area contributed by atoms with E-state index in [-0.39, 0.29) is 11.8 Å². The van der Waals surface area contributed by atoms with Crippen LogP contribution in [0.15, 0.2) is 24.3 Å². The lowest BCUT2D eigenvalue weighted by Gasteiger charge is -2.21. The molecule has 22 heavy (non-hydrogen) atoms. The van der Waals surface area contributed by atoms with Crippen molar-refractivity contribution in [3.05, 3.63) is 35.4 Å². The van der Waals surface area contributed by atoms with E-state index in [2.05, 4.69) is 5.32 Å². The summed E-state index contributed by atoms with van der Waals surface area (Å²) >= 11 is 0. The second-order valence-electron chi connectivity index (χ2n) is 5.55. The molecule has 0 bridgehead atoms. The minimum absolute atomic E-state index is 0.209. The van der Waals surface area contributed by atoms with E-state index in [1.54, 1.807) is 30.5 Å². The van der Waals surface area contributed by atoms with Gasteiger partial charge in [-0.1, -0.05) is 26.0 Å². The second kappa shape index (κ2) is 8.15. The van der Waals surface area contributed by atoms with E-state index >= 15 is 0 Å². The average molecular weight is 302 g/mol. The second-order valence-corrected chi connectivity index (χ2v) is 5.55. The fourth-order valence-corrected chi connectivity index (χ4v) is 2.01. The van der Waals surface area contributed by atoms with Crippen LogP contribution in [0, 0.1) is 17.4 Å². The van der Waals surface area contributed by atoms with E-state index < -0.39 is 11.9 Å². The molecule has 6 heteroatoms. The van der Waals surface area contributed by atoms with Gasteiger partial charge in [0.25, 0.3) is 11.8 Å². The Morgan fingerprint density at radius 1 is 1.32 bits per heavy atom. The molecule has 1 atom stereocenters. The number of benzene rings is 1. The van der Waals surface area contributed by atoms with Gasteiger partial charge in [-0.15, -0.1) is 0 Å². The van der Waals surface area contributed by atoms with Crippen molar-refractivity contribution in [2.45, 2.75) is 32.9 Å². The number of nitriles is 1. The van der Waals surface area contributed by atoms with Gasteiger partial charge in [0, 0.05) is 19.2 Å². The summed E-state index contributed by atoms with van der Waals surface area (Å²) in [6.07, 6.45) is 2.23. The number of nitrogens with one attached hydrogen (secondary N) is 1. The molecule has 0 fully saturated rings. The van der Waals surface area contributed by atoms with Gasteiger partial charge in [0.15, 0.2) is 6.19 Å². The SMILES string of the molecule is CC(C)CC(NC(=O)c1ccc(CN)cc1)C(=O)N(C)C#N. The first-order valence-corrected chi connectivity index (χ1v) is 7.16. The lowest BCUT2D eigenvalue weighted by Crippen LogP contribution is -2.46. The Morgan fingerprint density at radius 3 is 2.36 bits per heavy atom. The third kappa shape index (κ3) is 4.86. The third-order valence-corrected chi connectivity index (χ3v) is 3.24. The van der Waals surface area contributed by atoms with Gasteiger partial charge in [0.1, 0.15) is 6.04 Å². The molecular weight excluding hydrogens is 280 g/mol. The van der Waals surface area contributed by atoms with Crippen molar-refractivity contribution in [1.29, 1.82) is 5.26 Å². The lowest BCUT2D eigenvalue weighted by atomic mass is 10.0. The topological polar surface area (TPSA) is 99.2 Å². The zero-order valence-corrected chi connectivity index (χ0v) is 13.2. The van der Waals surface area contributed by atoms with E-state index in [4.69, 9.17) is 11.0 Å². The van der Waals surface area contributed by atoms with E-state index in [1.807, 2.05) is 13.8 Å². The molecule has 0 aliphatic rings. The van der Waals surface area contributed by atoms with Gasteiger partial charge in [-0.05, 0) is 30.0 Å². The van der Waals surface area contributed by atoms with Crippen LogP contribution in [0.5, 0.6) is 0 Å². The van der Waals surface area contributed by atoms with Crippen molar-refractivity contribution in [3.63, 3.8) is 0 Å². The number of rotatable bonds is 6. The standard InChI is InChI=1S/C16H22N4O2/c1-11(2)8-14(16(22)20(3)10-18)19-15(21)13-6-4-12(9-17)5-7-13/h4-7,11,14H,8-9,17H2,1-3H3,(H,19,21). The summed E-state index contributed by atoms with van der Waals surface area (Å²) in [7, 11) is 1.39. The van der Waals surface area contributed by atoms with Crippen LogP contribution in [-0.4, -0.2) is 29.8 Å². The molecule has 118 valence electrons. The summed E-state index contributed by atoms with van der Waals surface area (Å²) in [6, 6.07) is 6.17. The maximum Gasteiger partial charge on any atom is 0.257 e. The minimum atomic E-state index is -0.716. The number of carbonyl (C=O) groups is 2. The predicted molar refractivity (Wildman–Crippen MR) is 83.4 cm³/mol. The molecule has 6 nitrogen and oxygen atoms in total. The zero-order valence-electron chi connectivity index (χ0n) is 13.2. The van der Waals surface area contributed by atoms with Crippen molar-refractivity contribution in [3.8, 4) is 6.19 Å². The van der Waals surface area contributed by atoms with Crippen LogP contribution in [0.1, 0.15) is 36.2 Å². The number of nitrogens with zero attached hydrogens (tertiary/aromatic N) is 2. The summed E-state index contributed by atoms with van der Waals surface area (Å²) < 4.78 is 0. The van der Waals surface area contributed by atoms with Crippen LogP contribution in [0.4, 0.5) is 0 Å². The fraction of sp³-hybridized carbons (Fsp3) is 0.438. The highest BCUT2D eigenvalue weighted by Crippen LogP contribution is 2.09. The van der Waals surface area contributed by atoms with Crippen molar-refractivity contribution >= 4 is 11.8 Å². The number of hydrogen-bond acceptors (Lipinski definition) is 4.